The molecule has 24 heavy (non-hydrogen) atoms. The quantitative estimate of drug-likeness (QED) is 0.854. The molecule has 1 aliphatic heterocycles. The van der Waals surface area contributed by atoms with E-state index in [-0.39, 0.29) is 0 Å². The maximum atomic E-state index is 10.9. The number of aromatic nitrogens is 1. The van der Waals surface area contributed by atoms with Gasteiger partial charge in [-0.25, -0.2) is 4.98 Å². The number of rotatable bonds is 6. The van der Waals surface area contributed by atoms with Crippen LogP contribution >= 0.6 is 0 Å². The first kappa shape index (κ1) is 16.7. The largest absolute Gasteiger partial charge is 0.491 e. The third-order valence-corrected chi connectivity index (χ3v) is 4.41. The molecule has 0 spiro atoms. The van der Waals surface area contributed by atoms with Crippen molar-refractivity contribution in [3.8, 4) is 5.75 Å². The molecule has 2 aromatic rings. The summed E-state index contributed by atoms with van der Waals surface area (Å²) in [6.45, 7) is 2.68. The van der Waals surface area contributed by atoms with Crippen molar-refractivity contribution in [1.82, 2.24) is 9.88 Å². The van der Waals surface area contributed by atoms with E-state index < -0.39 is 5.60 Å². The van der Waals surface area contributed by atoms with Crippen molar-refractivity contribution in [1.29, 1.82) is 0 Å². The van der Waals surface area contributed by atoms with Crippen molar-refractivity contribution in [3.05, 3.63) is 54.2 Å². The molecule has 5 nitrogen and oxygen atoms in total. The summed E-state index contributed by atoms with van der Waals surface area (Å²) in [5, 5.41) is 14.0. The van der Waals surface area contributed by atoms with E-state index in [2.05, 4.69) is 21.3 Å². The van der Waals surface area contributed by atoms with Gasteiger partial charge in [-0.2, -0.15) is 0 Å². The normalized spacial score (nSPS) is 21.4. The van der Waals surface area contributed by atoms with Gasteiger partial charge in [0.25, 0.3) is 0 Å². The fraction of sp³-hybridized carbons (Fsp3) is 0.421. The number of anilines is 1. The SMILES string of the molecule is CNc1ncccc1CN1CCC[C@](O)(COc2ccccc2)C1. The zero-order valence-corrected chi connectivity index (χ0v) is 14.1. The van der Waals surface area contributed by atoms with Crippen LogP contribution in [0.3, 0.4) is 0 Å². The second kappa shape index (κ2) is 7.64. The molecule has 1 saturated heterocycles. The molecule has 1 atom stereocenters. The summed E-state index contributed by atoms with van der Waals surface area (Å²) in [6, 6.07) is 13.7. The van der Waals surface area contributed by atoms with E-state index in [0.29, 0.717) is 13.2 Å². The molecule has 0 unspecified atom stereocenters. The average Bonchev–Trinajstić information content (AvgIpc) is 2.62. The van der Waals surface area contributed by atoms with E-state index in [1.807, 2.05) is 43.4 Å². The summed E-state index contributed by atoms with van der Waals surface area (Å²) in [5.74, 6) is 1.69. The zero-order valence-electron chi connectivity index (χ0n) is 14.1. The van der Waals surface area contributed by atoms with Gasteiger partial charge >= 0.3 is 0 Å². The minimum atomic E-state index is -0.809. The topological polar surface area (TPSA) is 57.6 Å². The molecular formula is C19H25N3O2. The first-order valence-corrected chi connectivity index (χ1v) is 8.43. The van der Waals surface area contributed by atoms with Crippen LogP contribution < -0.4 is 10.1 Å². The second-order valence-electron chi connectivity index (χ2n) is 6.40. The number of hydrogen-bond acceptors (Lipinski definition) is 5. The van der Waals surface area contributed by atoms with Crippen molar-refractivity contribution in [3.63, 3.8) is 0 Å². The Morgan fingerprint density at radius 3 is 2.88 bits per heavy atom. The Labute approximate surface area is 143 Å². The predicted octanol–water partition coefficient (Wildman–Crippen LogP) is 2.53. The maximum absolute atomic E-state index is 10.9. The predicted molar refractivity (Wildman–Crippen MR) is 95.2 cm³/mol. The zero-order chi connectivity index (χ0) is 16.8. The summed E-state index contributed by atoms with van der Waals surface area (Å²) in [6.07, 6.45) is 3.52. The molecule has 0 bridgehead atoms. The number of para-hydroxylation sites is 1. The van der Waals surface area contributed by atoms with E-state index in [0.717, 1.165) is 43.1 Å². The molecule has 128 valence electrons. The van der Waals surface area contributed by atoms with Crippen molar-refractivity contribution < 1.29 is 9.84 Å². The summed E-state index contributed by atoms with van der Waals surface area (Å²) in [4.78, 5) is 6.62. The van der Waals surface area contributed by atoms with Gasteiger partial charge in [0, 0.05) is 31.9 Å². The Hall–Kier alpha value is -2.11. The molecule has 0 saturated carbocycles. The van der Waals surface area contributed by atoms with Crippen LogP contribution in [0.15, 0.2) is 48.7 Å². The van der Waals surface area contributed by atoms with Crippen molar-refractivity contribution >= 4 is 5.82 Å². The number of ether oxygens (including phenoxy) is 1. The molecule has 3 rings (SSSR count). The lowest BCUT2D eigenvalue weighted by Crippen LogP contribution is -2.51. The first-order chi connectivity index (χ1) is 11.7. The highest BCUT2D eigenvalue weighted by molar-refractivity contribution is 5.42. The number of benzene rings is 1. The lowest BCUT2D eigenvalue weighted by molar-refractivity contribution is -0.0620. The van der Waals surface area contributed by atoms with Crippen LogP contribution in [0.25, 0.3) is 0 Å². The van der Waals surface area contributed by atoms with E-state index in [1.54, 1.807) is 6.20 Å². The molecule has 1 aliphatic rings. The summed E-state index contributed by atoms with van der Waals surface area (Å²) in [5.41, 5.74) is 0.337. The lowest BCUT2D eigenvalue weighted by Gasteiger charge is -2.39. The molecule has 5 heteroatoms. The van der Waals surface area contributed by atoms with Gasteiger partial charge in [0.15, 0.2) is 0 Å². The Bertz CT molecular complexity index is 650. The first-order valence-electron chi connectivity index (χ1n) is 8.43. The molecule has 2 N–H and O–H groups in total. The minimum Gasteiger partial charge on any atom is -0.491 e. The number of aliphatic hydroxyl groups is 1. The van der Waals surface area contributed by atoms with Crippen LogP contribution in [0, 0.1) is 0 Å². The highest BCUT2D eigenvalue weighted by Gasteiger charge is 2.34. The van der Waals surface area contributed by atoms with Gasteiger partial charge in [-0.05, 0) is 37.6 Å². The second-order valence-corrected chi connectivity index (χ2v) is 6.40. The fourth-order valence-electron chi connectivity index (χ4n) is 3.23. The molecule has 0 amide bonds. The maximum Gasteiger partial charge on any atom is 0.130 e. The Balaban J connectivity index is 1.61. The van der Waals surface area contributed by atoms with Crippen LogP contribution in [0.5, 0.6) is 5.75 Å². The molecular weight excluding hydrogens is 302 g/mol. The van der Waals surface area contributed by atoms with Gasteiger partial charge < -0.3 is 15.2 Å². The fourth-order valence-corrected chi connectivity index (χ4v) is 3.23. The third kappa shape index (κ3) is 4.24. The smallest absolute Gasteiger partial charge is 0.130 e. The highest BCUT2D eigenvalue weighted by Crippen LogP contribution is 2.25. The van der Waals surface area contributed by atoms with E-state index in [9.17, 15) is 5.11 Å². The van der Waals surface area contributed by atoms with Crippen molar-refractivity contribution in [2.45, 2.75) is 25.0 Å². The molecule has 0 aliphatic carbocycles. The van der Waals surface area contributed by atoms with Crippen LogP contribution in [0.1, 0.15) is 18.4 Å². The number of β-amino-alcohol motifs (C(OH)–C–C–N with tert-alkyl or cyclic N) is 1. The monoisotopic (exact) mass is 327 g/mol. The van der Waals surface area contributed by atoms with Crippen LogP contribution in [-0.2, 0) is 6.54 Å². The van der Waals surface area contributed by atoms with E-state index >= 15 is 0 Å². The Kier molecular flexibility index (Phi) is 5.33. The summed E-state index contributed by atoms with van der Waals surface area (Å²) < 4.78 is 5.79. The van der Waals surface area contributed by atoms with Gasteiger partial charge in [0.1, 0.15) is 23.8 Å². The number of piperidine rings is 1. The number of nitrogens with zero attached hydrogens (tertiary/aromatic N) is 2. The molecule has 1 aromatic heterocycles. The molecule has 1 fully saturated rings. The van der Waals surface area contributed by atoms with Gasteiger partial charge in [-0.15, -0.1) is 0 Å². The number of hydrogen-bond donors (Lipinski definition) is 2. The molecule has 0 radical (unpaired) electrons. The van der Waals surface area contributed by atoms with Crippen molar-refractivity contribution in [2.24, 2.45) is 0 Å². The number of likely N-dealkylation sites (tertiary alicyclic amines) is 1. The van der Waals surface area contributed by atoms with E-state index in [4.69, 9.17) is 4.74 Å². The molecule has 1 aromatic carbocycles. The van der Waals surface area contributed by atoms with Gasteiger partial charge in [0.2, 0.25) is 0 Å². The third-order valence-electron chi connectivity index (χ3n) is 4.41. The van der Waals surface area contributed by atoms with Crippen molar-refractivity contribution in [2.75, 3.05) is 32.1 Å². The lowest BCUT2D eigenvalue weighted by atomic mass is 9.93. The standard InChI is InChI=1S/C19H25N3O2/c1-20-18-16(7-5-11-21-18)13-22-12-6-10-19(23,14-22)15-24-17-8-3-2-4-9-17/h2-5,7-9,11,23H,6,10,12-15H2,1H3,(H,20,21)/t19-/m1/s1. The summed E-state index contributed by atoms with van der Waals surface area (Å²) >= 11 is 0. The van der Waals surface area contributed by atoms with E-state index in [1.165, 1.54) is 0 Å². The number of nitrogens with one attached hydrogen (secondary N) is 1. The Morgan fingerprint density at radius 2 is 2.08 bits per heavy atom. The Morgan fingerprint density at radius 1 is 1.25 bits per heavy atom. The van der Waals surface area contributed by atoms with Gasteiger partial charge in [-0.3, -0.25) is 4.90 Å². The van der Waals surface area contributed by atoms with Gasteiger partial charge in [-0.1, -0.05) is 24.3 Å². The molecule has 2 heterocycles. The summed E-state index contributed by atoms with van der Waals surface area (Å²) in [7, 11) is 1.88. The minimum absolute atomic E-state index is 0.319. The average molecular weight is 327 g/mol. The highest BCUT2D eigenvalue weighted by atomic mass is 16.5. The van der Waals surface area contributed by atoms with Crippen LogP contribution in [-0.4, -0.2) is 47.3 Å². The van der Waals surface area contributed by atoms with Crippen LogP contribution in [0.4, 0.5) is 5.82 Å². The van der Waals surface area contributed by atoms with Crippen LogP contribution in [0.2, 0.25) is 0 Å². The van der Waals surface area contributed by atoms with Gasteiger partial charge in [0.05, 0.1) is 0 Å². The number of pyridine rings is 1.